The van der Waals surface area contributed by atoms with Crippen LogP contribution in [0.15, 0.2) is 84.0 Å². The van der Waals surface area contributed by atoms with Crippen LogP contribution in [0.5, 0.6) is 5.75 Å². The van der Waals surface area contributed by atoms with Gasteiger partial charge < -0.3 is 10.1 Å². The van der Waals surface area contributed by atoms with Gasteiger partial charge in [0, 0.05) is 17.3 Å². The van der Waals surface area contributed by atoms with Crippen molar-refractivity contribution in [3.63, 3.8) is 0 Å². The van der Waals surface area contributed by atoms with Crippen molar-refractivity contribution in [1.82, 2.24) is 9.97 Å². The Kier molecular flexibility index (Phi) is 8.21. The number of thioether (sulfide) groups is 1. The summed E-state index contributed by atoms with van der Waals surface area (Å²) in [6.45, 7) is 1.92. The molecule has 1 amide bonds. The largest absolute Gasteiger partial charge is 0.497 e. The molecule has 180 valence electrons. The van der Waals surface area contributed by atoms with Gasteiger partial charge in [-0.1, -0.05) is 72.8 Å². The van der Waals surface area contributed by atoms with E-state index in [0.717, 1.165) is 28.1 Å². The average molecular weight is 515 g/mol. The number of nitriles is 1. The van der Waals surface area contributed by atoms with Gasteiger partial charge in [0.25, 0.3) is 0 Å². The second-order valence-electron chi connectivity index (χ2n) is 7.81. The van der Waals surface area contributed by atoms with Gasteiger partial charge in [0.1, 0.15) is 22.7 Å². The summed E-state index contributed by atoms with van der Waals surface area (Å²) in [5.41, 5.74) is 3.66. The summed E-state index contributed by atoms with van der Waals surface area (Å²) in [7, 11) is 1.61. The van der Waals surface area contributed by atoms with Gasteiger partial charge in [0.15, 0.2) is 0 Å². The molecule has 0 aliphatic rings. The van der Waals surface area contributed by atoms with Gasteiger partial charge in [-0.3, -0.25) is 4.79 Å². The molecule has 0 bridgehead atoms. The van der Waals surface area contributed by atoms with Crippen molar-refractivity contribution in [1.29, 1.82) is 5.26 Å². The quantitative estimate of drug-likeness (QED) is 0.258. The van der Waals surface area contributed by atoms with Crippen LogP contribution in [0.25, 0.3) is 22.4 Å². The van der Waals surface area contributed by atoms with Crippen molar-refractivity contribution in [3.05, 3.63) is 89.6 Å². The van der Waals surface area contributed by atoms with E-state index in [-0.39, 0.29) is 5.91 Å². The first-order chi connectivity index (χ1) is 17.5. The van der Waals surface area contributed by atoms with Crippen LogP contribution in [0, 0.1) is 11.3 Å². The van der Waals surface area contributed by atoms with Crippen molar-refractivity contribution < 1.29 is 9.53 Å². The van der Waals surface area contributed by atoms with Crippen molar-refractivity contribution in [2.24, 2.45) is 0 Å². The molecule has 4 aromatic rings. The fourth-order valence-electron chi connectivity index (χ4n) is 3.58. The number of hydrogen-bond donors (Lipinski definition) is 1. The minimum Gasteiger partial charge on any atom is -0.497 e. The van der Waals surface area contributed by atoms with Gasteiger partial charge in [-0.2, -0.15) is 5.26 Å². The second kappa shape index (κ2) is 11.7. The van der Waals surface area contributed by atoms with E-state index in [1.165, 1.54) is 18.0 Å². The van der Waals surface area contributed by atoms with Crippen LogP contribution in [0.4, 0.5) is 5.82 Å². The summed E-state index contributed by atoms with van der Waals surface area (Å²) in [5.74, 6) is 0.913. The normalized spacial score (nSPS) is 11.4. The highest BCUT2D eigenvalue weighted by atomic mass is 35.5. The minimum atomic E-state index is -0.489. The Balaban J connectivity index is 1.75. The number of amides is 1. The number of ether oxygens (including phenoxy) is 1. The van der Waals surface area contributed by atoms with E-state index in [1.807, 2.05) is 67.6 Å². The maximum absolute atomic E-state index is 13.1. The fraction of sp³-hybridized carbons (Fsp3) is 0.143. The van der Waals surface area contributed by atoms with Crippen molar-refractivity contribution >= 4 is 35.1 Å². The number of aromatic nitrogens is 2. The second-order valence-corrected chi connectivity index (χ2v) is 9.44. The van der Waals surface area contributed by atoms with Crippen molar-refractivity contribution in [2.45, 2.75) is 23.6 Å². The Bertz CT molecular complexity index is 1390. The third-order valence-corrected chi connectivity index (χ3v) is 7.04. The molecule has 1 atom stereocenters. The molecule has 36 heavy (non-hydrogen) atoms. The van der Waals surface area contributed by atoms with Crippen LogP contribution in [0.3, 0.4) is 0 Å². The van der Waals surface area contributed by atoms with Gasteiger partial charge in [-0.15, -0.1) is 0 Å². The molecule has 2 aromatic heterocycles. The van der Waals surface area contributed by atoms with Crippen molar-refractivity contribution in [2.75, 3.05) is 12.4 Å². The number of benzene rings is 2. The number of anilines is 1. The molecule has 1 N–H and O–H groups in total. The summed E-state index contributed by atoms with van der Waals surface area (Å²) in [4.78, 5) is 22.1. The third-order valence-electron chi connectivity index (χ3n) is 5.46. The lowest BCUT2D eigenvalue weighted by atomic mass is 9.99. The third kappa shape index (κ3) is 5.85. The molecule has 0 saturated heterocycles. The summed E-state index contributed by atoms with van der Waals surface area (Å²) >= 11 is 7.17. The first-order valence-corrected chi connectivity index (χ1v) is 12.5. The van der Waals surface area contributed by atoms with Crippen LogP contribution in [0.2, 0.25) is 5.02 Å². The molecule has 8 heteroatoms. The summed E-state index contributed by atoms with van der Waals surface area (Å²) in [6, 6.07) is 24.8. The summed E-state index contributed by atoms with van der Waals surface area (Å²) in [6.07, 6.45) is 2.01. The topological polar surface area (TPSA) is 87.9 Å². The molecule has 0 radical (unpaired) electrons. The number of halogens is 1. The SMILES string of the molecule is CCC(Sc1nc(-c2ccccc2)cc(-c2ccc(OC)cc2)c1C#N)C(=O)Nc1ccc(Cl)cn1. The molecular formula is C28H23ClN4O2S. The van der Waals surface area contributed by atoms with Crippen LogP contribution >= 0.6 is 23.4 Å². The number of methoxy groups -OCH3 is 1. The van der Waals surface area contributed by atoms with Crippen LogP contribution in [-0.4, -0.2) is 28.2 Å². The zero-order valence-electron chi connectivity index (χ0n) is 19.7. The zero-order chi connectivity index (χ0) is 25.5. The number of pyridine rings is 2. The monoisotopic (exact) mass is 514 g/mol. The number of carbonyl (C=O) groups excluding carboxylic acids is 1. The highest BCUT2D eigenvalue weighted by Crippen LogP contribution is 2.37. The highest BCUT2D eigenvalue weighted by molar-refractivity contribution is 8.00. The van der Waals surface area contributed by atoms with Gasteiger partial charge in [0.2, 0.25) is 5.91 Å². The molecule has 2 aromatic carbocycles. The fourth-order valence-corrected chi connectivity index (χ4v) is 4.72. The first kappa shape index (κ1) is 25.2. The van der Waals surface area contributed by atoms with E-state index in [4.69, 9.17) is 21.3 Å². The maximum atomic E-state index is 13.1. The molecule has 6 nitrogen and oxygen atoms in total. The lowest BCUT2D eigenvalue weighted by molar-refractivity contribution is -0.115. The Labute approximate surface area is 219 Å². The van der Waals surface area contributed by atoms with Crippen LogP contribution < -0.4 is 10.1 Å². The van der Waals surface area contributed by atoms with Crippen molar-refractivity contribution in [3.8, 4) is 34.2 Å². The van der Waals surface area contributed by atoms with Gasteiger partial charge >= 0.3 is 0 Å². The van der Waals surface area contributed by atoms with Crippen LogP contribution in [0.1, 0.15) is 18.9 Å². The molecular weight excluding hydrogens is 492 g/mol. The molecule has 1 unspecified atom stereocenters. The molecule has 0 aliphatic carbocycles. The van der Waals surface area contributed by atoms with Gasteiger partial charge in [-0.05, 0) is 42.3 Å². The standard InChI is InChI=1S/C28H23ClN4O2S/c1-3-25(27(34)33-26-14-11-20(29)17-31-26)36-28-23(16-30)22(18-9-12-21(35-2)13-10-18)15-24(32-28)19-7-5-4-6-8-19/h4-15,17,25H,3H2,1-2H3,(H,31,33,34). The smallest absolute Gasteiger partial charge is 0.239 e. The Morgan fingerprint density at radius 3 is 2.47 bits per heavy atom. The molecule has 0 aliphatic heterocycles. The van der Waals surface area contributed by atoms with E-state index >= 15 is 0 Å². The van der Waals surface area contributed by atoms with E-state index in [1.54, 1.807) is 19.2 Å². The lowest BCUT2D eigenvalue weighted by Gasteiger charge is -2.17. The van der Waals surface area contributed by atoms with Crippen LogP contribution in [-0.2, 0) is 4.79 Å². The molecule has 2 heterocycles. The van der Waals surface area contributed by atoms with E-state index < -0.39 is 5.25 Å². The molecule has 0 saturated carbocycles. The Morgan fingerprint density at radius 2 is 1.86 bits per heavy atom. The lowest BCUT2D eigenvalue weighted by Crippen LogP contribution is -2.25. The Hall–Kier alpha value is -3.86. The molecule has 4 rings (SSSR count). The van der Waals surface area contributed by atoms with E-state index in [0.29, 0.717) is 27.9 Å². The number of rotatable bonds is 8. The summed E-state index contributed by atoms with van der Waals surface area (Å²) in [5, 5.41) is 13.5. The minimum absolute atomic E-state index is 0.223. The molecule has 0 spiro atoms. The Morgan fingerprint density at radius 1 is 1.11 bits per heavy atom. The number of carbonyl (C=O) groups is 1. The maximum Gasteiger partial charge on any atom is 0.239 e. The predicted molar refractivity (Wildman–Crippen MR) is 144 cm³/mol. The van der Waals surface area contributed by atoms with Gasteiger partial charge in [-0.25, -0.2) is 9.97 Å². The summed E-state index contributed by atoms with van der Waals surface area (Å²) < 4.78 is 5.29. The molecule has 0 fully saturated rings. The van der Waals surface area contributed by atoms with E-state index in [9.17, 15) is 10.1 Å². The predicted octanol–water partition coefficient (Wildman–Crippen LogP) is 6.85. The average Bonchev–Trinajstić information content (AvgIpc) is 2.93. The van der Waals surface area contributed by atoms with E-state index in [2.05, 4.69) is 16.4 Å². The zero-order valence-corrected chi connectivity index (χ0v) is 21.3. The first-order valence-electron chi connectivity index (χ1n) is 11.3. The van der Waals surface area contributed by atoms with Gasteiger partial charge in [0.05, 0.1) is 28.6 Å². The number of hydrogen-bond acceptors (Lipinski definition) is 6. The highest BCUT2D eigenvalue weighted by Gasteiger charge is 2.24. The number of nitrogens with one attached hydrogen (secondary N) is 1. The number of nitrogens with zero attached hydrogens (tertiary/aromatic N) is 3.